The molecule has 3 aromatic carbocycles. The zero-order valence-corrected chi connectivity index (χ0v) is 15.4. The summed E-state index contributed by atoms with van der Waals surface area (Å²) in [4.78, 5) is 25.3. The Balaban J connectivity index is 1.41. The first-order valence-electron chi connectivity index (χ1n) is 9.02. The van der Waals surface area contributed by atoms with Crippen LogP contribution in [0.4, 0.5) is 11.4 Å². The Labute approximate surface area is 166 Å². The number of nitrogens with one attached hydrogen (secondary N) is 2. The van der Waals surface area contributed by atoms with E-state index in [-0.39, 0.29) is 18.6 Å². The van der Waals surface area contributed by atoms with Crippen molar-refractivity contribution in [3.05, 3.63) is 71.3 Å². The van der Waals surface area contributed by atoms with Crippen molar-refractivity contribution >= 4 is 23.2 Å². The maximum atomic E-state index is 12.7. The highest BCUT2D eigenvalue weighted by Gasteiger charge is 2.22. The summed E-state index contributed by atoms with van der Waals surface area (Å²) in [6.07, 6.45) is 0. The molecular formula is C22H16N2O5. The second-order valence-electron chi connectivity index (χ2n) is 6.79. The minimum atomic E-state index is -0.322. The molecule has 7 heteroatoms. The first-order valence-corrected chi connectivity index (χ1v) is 9.02. The number of carbonyl (C=O) groups is 2. The summed E-state index contributed by atoms with van der Waals surface area (Å²) in [5.41, 5.74) is 2.86. The van der Waals surface area contributed by atoms with Gasteiger partial charge in [-0.2, -0.15) is 0 Å². The summed E-state index contributed by atoms with van der Waals surface area (Å²) >= 11 is 0. The quantitative estimate of drug-likeness (QED) is 0.682. The molecule has 2 aliphatic rings. The Bertz CT molecular complexity index is 1170. The van der Waals surface area contributed by atoms with Crippen molar-refractivity contribution in [2.24, 2.45) is 0 Å². The molecule has 29 heavy (non-hydrogen) atoms. The summed E-state index contributed by atoms with van der Waals surface area (Å²) < 4.78 is 16.5. The third-order valence-electron chi connectivity index (χ3n) is 4.72. The smallest absolute Gasteiger partial charge is 0.259 e. The van der Waals surface area contributed by atoms with Gasteiger partial charge in [0, 0.05) is 11.3 Å². The molecule has 0 fully saturated rings. The molecule has 0 radical (unpaired) electrons. The first kappa shape index (κ1) is 17.1. The van der Waals surface area contributed by atoms with Gasteiger partial charge in [-0.3, -0.25) is 9.59 Å². The highest BCUT2D eigenvalue weighted by atomic mass is 16.7. The molecule has 0 saturated carbocycles. The molecule has 0 bridgehead atoms. The fourth-order valence-corrected chi connectivity index (χ4v) is 3.24. The van der Waals surface area contributed by atoms with Crippen LogP contribution < -0.4 is 24.8 Å². The van der Waals surface area contributed by atoms with Gasteiger partial charge in [-0.1, -0.05) is 6.07 Å². The Morgan fingerprint density at radius 1 is 0.931 bits per heavy atom. The van der Waals surface area contributed by atoms with Crippen LogP contribution in [-0.4, -0.2) is 18.6 Å². The number of benzene rings is 3. The number of fused-ring (bicyclic) bond motifs is 3. The van der Waals surface area contributed by atoms with E-state index in [0.29, 0.717) is 45.5 Å². The molecule has 0 aliphatic carbocycles. The van der Waals surface area contributed by atoms with Crippen molar-refractivity contribution in [1.82, 2.24) is 0 Å². The molecule has 5 rings (SSSR count). The minimum absolute atomic E-state index is 0.141. The Kier molecular flexibility index (Phi) is 3.87. The lowest BCUT2D eigenvalue weighted by Gasteiger charge is -2.10. The molecule has 2 aliphatic heterocycles. The van der Waals surface area contributed by atoms with E-state index in [0.717, 1.165) is 5.56 Å². The van der Waals surface area contributed by atoms with Crippen LogP contribution in [0.15, 0.2) is 54.6 Å². The number of carbonyl (C=O) groups excluding carboxylic acids is 2. The first-order chi connectivity index (χ1) is 14.1. The zero-order chi connectivity index (χ0) is 20.0. The topological polar surface area (TPSA) is 85.9 Å². The van der Waals surface area contributed by atoms with Gasteiger partial charge < -0.3 is 24.8 Å². The molecule has 7 nitrogen and oxygen atoms in total. The molecule has 2 N–H and O–H groups in total. The van der Waals surface area contributed by atoms with Crippen molar-refractivity contribution in [2.75, 3.05) is 17.4 Å². The van der Waals surface area contributed by atoms with E-state index in [2.05, 4.69) is 10.6 Å². The van der Waals surface area contributed by atoms with Crippen molar-refractivity contribution < 1.29 is 23.8 Å². The van der Waals surface area contributed by atoms with Gasteiger partial charge in [0.25, 0.3) is 11.8 Å². The fraction of sp³-hybridized carbons (Fsp3) is 0.0909. The maximum Gasteiger partial charge on any atom is 0.259 e. The third kappa shape index (κ3) is 3.12. The Hall–Kier alpha value is -4.00. The van der Waals surface area contributed by atoms with Gasteiger partial charge in [0.15, 0.2) is 17.2 Å². The maximum absolute atomic E-state index is 12.7. The van der Waals surface area contributed by atoms with Gasteiger partial charge in [-0.15, -0.1) is 0 Å². The summed E-state index contributed by atoms with van der Waals surface area (Å²) in [7, 11) is 0. The summed E-state index contributed by atoms with van der Waals surface area (Å²) in [6, 6.07) is 15.5. The van der Waals surface area contributed by atoms with E-state index < -0.39 is 0 Å². The highest BCUT2D eigenvalue weighted by molar-refractivity contribution is 6.10. The van der Waals surface area contributed by atoms with E-state index >= 15 is 0 Å². The normalized spacial score (nSPS) is 13.5. The van der Waals surface area contributed by atoms with E-state index in [1.54, 1.807) is 42.5 Å². The van der Waals surface area contributed by atoms with Crippen LogP contribution in [0.3, 0.4) is 0 Å². The largest absolute Gasteiger partial charge is 0.454 e. The number of ether oxygens (including phenoxy) is 3. The molecule has 0 unspecified atom stereocenters. The second kappa shape index (κ2) is 6.56. The van der Waals surface area contributed by atoms with Crippen LogP contribution in [0.1, 0.15) is 26.3 Å². The van der Waals surface area contributed by atoms with Crippen molar-refractivity contribution in [1.29, 1.82) is 0 Å². The van der Waals surface area contributed by atoms with E-state index in [1.165, 1.54) is 0 Å². The molecule has 2 heterocycles. The van der Waals surface area contributed by atoms with Crippen LogP contribution in [0.2, 0.25) is 0 Å². The predicted octanol–water partition coefficient (Wildman–Crippen LogP) is 4.33. The number of amides is 2. The SMILES string of the molecule is Cc1ccc2c(c1)Oc1ccc(NC(=O)c3ccc4c(c3)OCO4)cc1C(=O)N2. The lowest BCUT2D eigenvalue weighted by molar-refractivity contribution is 0.101. The van der Waals surface area contributed by atoms with E-state index in [4.69, 9.17) is 14.2 Å². The number of rotatable bonds is 2. The molecule has 2 amide bonds. The van der Waals surface area contributed by atoms with E-state index in [9.17, 15) is 9.59 Å². The third-order valence-corrected chi connectivity index (χ3v) is 4.72. The van der Waals surface area contributed by atoms with E-state index in [1.807, 2.05) is 19.1 Å². The Morgan fingerprint density at radius 3 is 2.66 bits per heavy atom. The van der Waals surface area contributed by atoms with Crippen molar-refractivity contribution in [3.63, 3.8) is 0 Å². The van der Waals surface area contributed by atoms with Crippen molar-refractivity contribution in [2.45, 2.75) is 6.92 Å². The van der Waals surface area contributed by atoms with Crippen LogP contribution in [0, 0.1) is 6.92 Å². The standard InChI is InChI=1S/C22H16N2O5/c1-12-2-5-16-19(8-12)29-17-7-4-14(10-15(17)22(26)24-16)23-21(25)13-3-6-18-20(9-13)28-11-27-18/h2-10H,11H2,1H3,(H,23,25)(H,24,26). The zero-order valence-electron chi connectivity index (χ0n) is 15.4. The summed E-state index contributed by atoms with van der Waals surface area (Å²) in [5, 5.41) is 5.64. The van der Waals surface area contributed by atoms with Crippen LogP contribution in [0.5, 0.6) is 23.0 Å². The fourth-order valence-electron chi connectivity index (χ4n) is 3.24. The molecule has 0 atom stereocenters. The molecule has 144 valence electrons. The number of anilines is 2. The van der Waals surface area contributed by atoms with Gasteiger partial charge in [0.05, 0.1) is 11.3 Å². The molecular weight excluding hydrogens is 372 g/mol. The van der Waals surface area contributed by atoms with Crippen LogP contribution >= 0.6 is 0 Å². The monoisotopic (exact) mass is 388 g/mol. The van der Waals surface area contributed by atoms with Gasteiger partial charge in [-0.05, 0) is 61.0 Å². The molecule has 0 spiro atoms. The van der Waals surface area contributed by atoms with Crippen LogP contribution in [0.25, 0.3) is 0 Å². The van der Waals surface area contributed by atoms with Gasteiger partial charge in [0.1, 0.15) is 5.75 Å². The summed E-state index contributed by atoms with van der Waals surface area (Å²) in [6.45, 7) is 2.09. The molecule has 0 saturated heterocycles. The van der Waals surface area contributed by atoms with Crippen molar-refractivity contribution in [3.8, 4) is 23.0 Å². The average Bonchev–Trinajstić information content (AvgIpc) is 3.13. The minimum Gasteiger partial charge on any atom is -0.454 e. The lowest BCUT2D eigenvalue weighted by atomic mass is 10.1. The molecule has 0 aromatic heterocycles. The molecule has 3 aromatic rings. The predicted molar refractivity (Wildman–Crippen MR) is 106 cm³/mol. The highest BCUT2D eigenvalue weighted by Crippen LogP contribution is 2.37. The van der Waals surface area contributed by atoms with Gasteiger partial charge in [-0.25, -0.2) is 0 Å². The Morgan fingerprint density at radius 2 is 1.76 bits per heavy atom. The number of aryl methyl sites for hydroxylation is 1. The van der Waals surface area contributed by atoms with Crippen LogP contribution in [-0.2, 0) is 0 Å². The number of hydrogen-bond donors (Lipinski definition) is 2. The lowest BCUT2D eigenvalue weighted by Crippen LogP contribution is -2.14. The second-order valence-corrected chi connectivity index (χ2v) is 6.79. The summed E-state index contributed by atoms with van der Waals surface area (Å²) in [5.74, 6) is 1.51. The number of hydrogen-bond acceptors (Lipinski definition) is 5. The average molecular weight is 388 g/mol. The van der Waals surface area contributed by atoms with Gasteiger partial charge in [0.2, 0.25) is 6.79 Å². The van der Waals surface area contributed by atoms with Gasteiger partial charge >= 0.3 is 0 Å².